The van der Waals surface area contributed by atoms with Gasteiger partial charge in [-0.15, -0.1) is 0 Å². The first kappa shape index (κ1) is 9.49. The minimum Gasteiger partial charge on any atom is -0.369 e. The number of carbonyl (C=O) groups is 1. The normalized spacial score (nSPS) is 8.69. The molecule has 0 aliphatic heterocycles. The Morgan fingerprint density at radius 2 is 2.46 bits per heavy atom. The fourth-order valence-electron chi connectivity index (χ4n) is 0.625. The summed E-state index contributed by atoms with van der Waals surface area (Å²) in [7, 11) is 0. The molecule has 0 bridgehead atoms. The lowest BCUT2D eigenvalue weighted by molar-refractivity contribution is -0.117. The van der Waals surface area contributed by atoms with E-state index in [-0.39, 0.29) is 11.6 Å². The zero-order valence-electron chi connectivity index (χ0n) is 6.62. The van der Waals surface area contributed by atoms with E-state index in [1.807, 2.05) is 0 Å². The molecule has 5 heteroatoms. The van der Waals surface area contributed by atoms with E-state index >= 15 is 0 Å². The number of nitrogens with zero attached hydrogens (tertiary/aromatic N) is 2. The van der Waals surface area contributed by atoms with Crippen LogP contribution in [0.2, 0.25) is 5.15 Å². The molecule has 0 fully saturated rings. The third kappa shape index (κ3) is 3.09. The summed E-state index contributed by atoms with van der Waals surface area (Å²) in [5.74, 6) is 4.72. The summed E-state index contributed by atoms with van der Waals surface area (Å²) in [4.78, 5) is 17.8. The lowest BCUT2D eigenvalue weighted by Gasteiger charge is -1.90. The van der Waals surface area contributed by atoms with Gasteiger partial charge in [0, 0.05) is 6.20 Å². The van der Waals surface area contributed by atoms with Crippen LogP contribution in [0.3, 0.4) is 0 Å². The molecule has 4 nitrogen and oxygen atoms in total. The van der Waals surface area contributed by atoms with Crippen molar-refractivity contribution in [3.63, 3.8) is 0 Å². The molecule has 1 aromatic rings. The van der Waals surface area contributed by atoms with Gasteiger partial charge in [0.1, 0.15) is 11.5 Å². The predicted octanol–water partition coefficient (Wildman–Crippen LogP) is 0.357. The molecule has 0 unspecified atom stereocenters. The molecule has 0 spiro atoms. The summed E-state index contributed by atoms with van der Waals surface area (Å²) in [6.45, 7) is 0. The highest BCUT2D eigenvalue weighted by Gasteiger charge is 1.95. The van der Waals surface area contributed by atoms with Gasteiger partial charge in [0.25, 0.3) is 0 Å². The Kier molecular flexibility index (Phi) is 3.23. The molecular formula is C8H6ClN3O. The van der Waals surface area contributed by atoms with Crippen molar-refractivity contribution < 1.29 is 4.79 Å². The Balaban J connectivity index is 2.77. The number of carbonyl (C=O) groups excluding carboxylic acids is 1. The van der Waals surface area contributed by atoms with Crippen LogP contribution >= 0.6 is 11.6 Å². The number of nitrogens with two attached hydrogens (primary N) is 1. The minimum absolute atomic E-state index is 0.00518. The first-order valence-electron chi connectivity index (χ1n) is 3.43. The summed E-state index contributed by atoms with van der Waals surface area (Å²) in [6.07, 6.45) is 2.80. The van der Waals surface area contributed by atoms with Gasteiger partial charge in [0.15, 0.2) is 0 Å². The molecule has 0 aliphatic carbocycles. The average Bonchev–Trinajstić information content (AvgIpc) is 2.08. The van der Waals surface area contributed by atoms with E-state index in [9.17, 15) is 4.79 Å². The van der Waals surface area contributed by atoms with Crippen LogP contribution in [0, 0.1) is 11.8 Å². The highest BCUT2D eigenvalue weighted by Crippen LogP contribution is 2.07. The van der Waals surface area contributed by atoms with Gasteiger partial charge in [0.05, 0.1) is 12.0 Å². The average molecular weight is 196 g/mol. The molecule has 2 N–H and O–H groups in total. The van der Waals surface area contributed by atoms with Crippen LogP contribution in [0.5, 0.6) is 0 Å². The van der Waals surface area contributed by atoms with Crippen LogP contribution < -0.4 is 5.73 Å². The maximum absolute atomic E-state index is 10.3. The molecule has 0 radical (unpaired) electrons. The Bertz CT molecular complexity index is 380. The smallest absolute Gasteiger partial charge is 0.229 e. The fourth-order valence-corrected chi connectivity index (χ4v) is 0.765. The summed E-state index contributed by atoms with van der Waals surface area (Å²) in [5.41, 5.74) is 5.38. The van der Waals surface area contributed by atoms with Crippen LogP contribution in [-0.2, 0) is 4.79 Å². The highest BCUT2D eigenvalue weighted by molar-refractivity contribution is 6.30. The molecule has 0 atom stereocenters. The van der Waals surface area contributed by atoms with E-state index in [1.165, 1.54) is 12.5 Å². The second-order valence-electron chi connectivity index (χ2n) is 2.17. The van der Waals surface area contributed by atoms with E-state index < -0.39 is 5.91 Å². The van der Waals surface area contributed by atoms with Gasteiger partial charge in [-0.1, -0.05) is 23.4 Å². The Morgan fingerprint density at radius 1 is 1.69 bits per heavy atom. The summed E-state index contributed by atoms with van der Waals surface area (Å²) in [5, 5.41) is 0.270. The number of amides is 1. The van der Waals surface area contributed by atoms with Crippen LogP contribution in [0.1, 0.15) is 12.0 Å². The Morgan fingerprint density at radius 3 is 3.08 bits per heavy atom. The molecule has 0 aliphatic rings. The fraction of sp³-hybridized carbons (Fsp3) is 0.125. The van der Waals surface area contributed by atoms with Gasteiger partial charge in [-0.3, -0.25) is 4.79 Å². The number of aromatic nitrogens is 2. The summed E-state index contributed by atoms with van der Waals surface area (Å²) >= 11 is 5.67. The van der Waals surface area contributed by atoms with E-state index in [0.717, 1.165) is 0 Å². The third-order valence-electron chi connectivity index (χ3n) is 1.15. The van der Waals surface area contributed by atoms with Crippen molar-refractivity contribution in [3.8, 4) is 11.8 Å². The van der Waals surface area contributed by atoms with Gasteiger partial charge >= 0.3 is 0 Å². The first-order valence-corrected chi connectivity index (χ1v) is 3.80. The molecule has 1 rings (SSSR count). The van der Waals surface area contributed by atoms with Crippen LogP contribution in [0.25, 0.3) is 0 Å². The van der Waals surface area contributed by atoms with Crippen molar-refractivity contribution >= 4 is 17.5 Å². The van der Waals surface area contributed by atoms with Crippen molar-refractivity contribution in [3.05, 3.63) is 23.2 Å². The quantitative estimate of drug-likeness (QED) is 0.520. The molecule has 1 amide bonds. The summed E-state index contributed by atoms with van der Waals surface area (Å²) in [6, 6.07) is 0. The lowest BCUT2D eigenvalue weighted by Crippen LogP contribution is -2.08. The SMILES string of the molecule is NC(=O)CC#Cc1cncnc1Cl. The maximum Gasteiger partial charge on any atom is 0.229 e. The topological polar surface area (TPSA) is 68.9 Å². The van der Waals surface area contributed by atoms with Crippen molar-refractivity contribution in [1.82, 2.24) is 9.97 Å². The molecule has 0 aromatic carbocycles. The molecule has 0 saturated heterocycles. The Labute approximate surface area is 80.1 Å². The van der Waals surface area contributed by atoms with Gasteiger partial charge in [-0.2, -0.15) is 0 Å². The van der Waals surface area contributed by atoms with Gasteiger partial charge in [-0.25, -0.2) is 9.97 Å². The second-order valence-corrected chi connectivity index (χ2v) is 2.53. The van der Waals surface area contributed by atoms with E-state index in [0.29, 0.717) is 5.56 Å². The third-order valence-corrected chi connectivity index (χ3v) is 1.45. The molecule has 1 heterocycles. The molecule has 0 saturated carbocycles. The van der Waals surface area contributed by atoms with Crippen LogP contribution in [0.15, 0.2) is 12.5 Å². The number of hydrogen-bond donors (Lipinski definition) is 1. The number of hydrogen-bond acceptors (Lipinski definition) is 3. The van der Waals surface area contributed by atoms with Crippen molar-refractivity contribution in [1.29, 1.82) is 0 Å². The first-order chi connectivity index (χ1) is 6.20. The monoisotopic (exact) mass is 195 g/mol. The van der Waals surface area contributed by atoms with Crippen molar-refractivity contribution in [2.24, 2.45) is 5.73 Å². The van der Waals surface area contributed by atoms with Gasteiger partial charge in [-0.05, 0) is 0 Å². The molecular weight excluding hydrogens is 190 g/mol. The van der Waals surface area contributed by atoms with E-state index in [4.69, 9.17) is 17.3 Å². The van der Waals surface area contributed by atoms with Gasteiger partial charge in [0.2, 0.25) is 5.91 Å². The van der Waals surface area contributed by atoms with Crippen LogP contribution in [-0.4, -0.2) is 15.9 Å². The number of rotatable bonds is 1. The van der Waals surface area contributed by atoms with E-state index in [2.05, 4.69) is 21.8 Å². The van der Waals surface area contributed by atoms with Crippen molar-refractivity contribution in [2.75, 3.05) is 0 Å². The maximum atomic E-state index is 10.3. The van der Waals surface area contributed by atoms with Crippen LogP contribution in [0.4, 0.5) is 0 Å². The number of primary amides is 1. The van der Waals surface area contributed by atoms with Crippen molar-refractivity contribution in [2.45, 2.75) is 6.42 Å². The minimum atomic E-state index is -0.472. The zero-order chi connectivity index (χ0) is 9.68. The standard InChI is InChI=1S/C8H6ClN3O/c9-8-6(4-11-5-12-8)2-1-3-7(10)13/h4-5H,3H2,(H2,10,13). The lowest BCUT2D eigenvalue weighted by atomic mass is 10.3. The predicted molar refractivity (Wildman–Crippen MR) is 47.7 cm³/mol. The van der Waals surface area contributed by atoms with E-state index in [1.54, 1.807) is 0 Å². The summed E-state index contributed by atoms with van der Waals surface area (Å²) < 4.78 is 0. The molecule has 66 valence electrons. The molecule has 13 heavy (non-hydrogen) atoms. The second kappa shape index (κ2) is 4.43. The molecule has 1 aromatic heterocycles. The zero-order valence-corrected chi connectivity index (χ0v) is 7.38. The largest absolute Gasteiger partial charge is 0.369 e. The number of halogens is 1. The highest BCUT2D eigenvalue weighted by atomic mass is 35.5. The van der Waals surface area contributed by atoms with Gasteiger partial charge < -0.3 is 5.73 Å². The Hall–Kier alpha value is -1.60.